The molecule has 2 rings (SSSR count). The summed E-state index contributed by atoms with van der Waals surface area (Å²) in [6.07, 6.45) is -2.92. The van der Waals surface area contributed by atoms with E-state index < -0.39 is 15.8 Å². The Hall–Kier alpha value is -1.45. The van der Waals surface area contributed by atoms with Crippen molar-refractivity contribution in [2.75, 3.05) is 0 Å². The minimum atomic E-state index is -2.92. The Bertz CT molecular complexity index is 861. The van der Waals surface area contributed by atoms with Gasteiger partial charge in [0.2, 0.25) is 3.79 Å². The van der Waals surface area contributed by atoms with Gasteiger partial charge in [-0.1, -0.05) is 107 Å². The fraction of sp³-hybridized carbons (Fsp3) is 0.0588. The third-order valence-electron chi connectivity index (χ3n) is 3.16. The zero-order chi connectivity index (χ0) is 18.5. The normalized spacial score (nSPS) is 11.1. The molecular weight excluding hydrogens is 419 g/mol. The van der Waals surface area contributed by atoms with Crippen LogP contribution in [0, 0.1) is 22.7 Å². The van der Waals surface area contributed by atoms with Gasteiger partial charge in [0.05, 0.1) is 0 Å². The van der Waals surface area contributed by atoms with Gasteiger partial charge in [-0.2, -0.15) is 10.5 Å². The number of allylic oxidation sites excluding steroid dienone is 2. The third kappa shape index (κ3) is 4.59. The van der Waals surface area contributed by atoms with Gasteiger partial charge in [0.1, 0.15) is 24.2 Å². The smallest absolute Gasteiger partial charge is 0.234 e. The van der Waals surface area contributed by atoms with E-state index in [2.05, 4.69) is 4.74 Å². The van der Waals surface area contributed by atoms with E-state index in [4.69, 9.17) is 46.0 Å². The van der Waals surface area contributed by atoms with Crippen molar-refractivity contribution in [2.45, 2.75) is 3.79 Å². The largest absolute Gasteiger partial charge is 0.240 e. The molecule has 8 heteroatoms. The average molecular weight is 429 g/mol. The number of nitrogens with zero attached hydrogens (tertiary/aromatic N) is 3. The zero-order valence-corrected chi connectivity index (χ0v) is 16.5. The summed E-state index contributed by atoms with van der Waals surface area (Å²) in [5, 5.41) is 19.8. The van der Waals surface area contributed by atoms with E-state index in [1.165, 1.54) is 0 Å². The van der Waals surface area contributed by atoms with Crippen LogP contribution >= 0.6 is 52.5 Å². The van der Waals surface area contributed by atoms with E-state index in [0.29, 0.717) is 10.6 Å². The maximum Gasteiger partial charge on any atom is 0.234 e. The van der Waals surface area contributed by atoms with Crippen LogP contribution in [-0.4, -0.2) is 3.79 Å². The molecule has 2 aromatic carbocycles. The third-order valence-corrected chi connectivity index (χ3v) is 7.54. The maximum atomic E-state index is 9.20. The molecule has 0 aliphatic rings. The number of hydrogen-bond donors (Lipinski definition) is 0. The van der Waals surface area contributed by atoms with Crippen LogP contribution in [-0.2, 0) is 0 Å². The molecule has 0 fully saturated rings. The first-order chi connectivity index (χ1) is 11.8. The summed E-state index contributed by atoms with van der Waals surface area (Å²) in [6, 6.07) is 21.6. The van der Waals surface area contributed by atoms with Gasteiger partial charge in [0.15, 0.2) is 5.57 Å². The Morgan fingerprint density at radius 2 is 1.24 bits per heavy atom. The molecule has 0 unspecified atom stereocenters. The van der Waals surface area contributed by atoms with E-state index >= 15 is 0 Å². The van der Waals surface area contributed by atoms with Gasteiger partial charge in [0.25, 0.3) is 0 Å². The van der Waals surface area contributed by atoms with Crippen molar-refractivity contribution in [2.24, 2.45) is 4.74 Å². The van der Waals surface area contributed by atoms with Gasteiger partial charge in [-0.15, -0.1) is 0 Å². The number of nitriles is 2. The van der Waals surface area contributed by atoms with Gasteiger partial charge < -0.3 is 0 Å². The van der Waals surface area contributed by atoms with Crippen LogP contribution in [0.2, 0.25) is 0 Å². The Balaban J connectivity index is 2.90. The molecular formula is C17H10Cl4N3P. The number of benzene rings is 2. The van der Waals surface area contributed by atoms with Crippen molar-refractivity contribution >= 4 is 63.1 Å². The van der Waals surface area contributed by atoms with Gasteiger partial charge >= 0.3 is 0 Å². The summed E-state index contributed by atoms with van der Waals surface area (Å²) in [5.74, 6) is 0. The minimum Gasteiger partial charge on any atom is -0.240 e. The summed E-state index contributed by atoms with van der Waals surface area (Å²) >= 11 is 24.9. The second-order valence-corrected chi connectivity index (χ2v) is 10.9. The standard InChI is InChI=1S/C17H10Cl4N3P/c18-17(19,20)16(13(11-22)12-23)24-25(21,14-7-3-1-4-8-14)15-9-5-2-6-10-15/h1-10H. The second kappa shape index (κ2) is 8.29. The molecule has 0 saturated heterocycles. The quantitative estimate of drug-likeness (QED) is 0.359. The van der Waals surface area contributed by atoms with Crippen LogP contribution in [0.4, 0.5) is 0 Å². The molecule has 0 heterocycles. The molecule has 0 aliphatic heterocycles. The van der Waals surface area contributed by atoms with Gasteiger partial charge in [0, 0.05) is 10.6 Å². The molecule has 0 aliphatic carbocycles. The Morgan fingerprint density at radius 1 is 0.840 bits per heavy atom. The average Bonchev–Trinajstić information content (AvgIpc) is 2.62. The number of hydrogen-bond acceptors (Lipinski definition) is 3. The first kappa shape index (κ1) is 19.9. The van der Waals surface area contributed by atoms with Crippen LogP contribution in [0.5, 0.6) is 0 Å². The van der Waals surface area contributed by atoms with Crippen LogP contribution in [0.25, 0.3) is 0 Å². The molecule has 25 heavy (non-hydrogen) atoms. The Labute approximate surface area is 165 Å². The fourth-order valence-corrected chi connectivity index (χ4v) is 5.71. The predicted molar refractivity (Wildman–Crippen MR) is 106 cm³/mol. The summed E-state index contributed by atoms with van der Waals surface area (Å²) in [4.78, 5) is 0. The zero-order valence-electron chi connectivity index (χ0n) is 12.6. The van der Waals surface area contributed by atoms with Crippen molar-refractivity contribution in [3.05, 3.63) is 71.9 Å². The molecule has 126 valence electrons. The summed E-state index contributed by atoms with van der Waals surface area (Å²) < 4.78 is 2.41. The molecule has 0 spiro atoms. The van der Waals surface area contributed by atoms with Crippen LogP contribution in [0.3, 0.4) is 0 Å². The van der Waals surface area contributed by atoms with Crippen molar-refractivity contribution in [3.63, 3.8) is 0 Å². The van der Waals surface area contributed by atoms with E-state index in [-0.39, 0.29) is 5.70 Å². The lowest BCUT2D eigenvalue weighted by molar-refractivity contribution is 1.18. The Morgan fingerprint density at radius 3 is 1.56 bits per heavy atom. The van der Waals surface area contributed by atoms with E-state index in [1.807, 2.05) is 60.7 Å². The topological polar surface area (TPSA) is 59.9 Å². The van der Waals surface area contributed by atoms with Crippen molar-refractivity contribution in [1.82, 2.24) is 0 Å². The summed E-state index contributed by atoms with van der Waals surface area (Å²) in [6.45, 7) is 0. The van der Waals surface area contributed by atoms with Gasteiger partial charge in [-0.05, 0) is 0 Å². The lowest BCUT2D eigenvalue weighted by Gasteiger charge is -2.22. The van der Waals surface area contributed by atoms with Crippen molar-refractivity contribution in [3.8, 4) is 12.1 Å². The Kier molecular flexibility index (Phi) is 6.59. The molecule has 0 atom stereocenters. The van der Waals surface area contributed by atoms with Crippen molar-refractivity contribution in [1.29, 1.82) is 10.5 Å². The van der Waals surface area contributed by atoms with Crippen LogP contribution in [0.15, 0.2) is 76.7 Å². The highest BCUT2D eigenvalue weighted by Gasteiger charge is 2.33. The second-order valence-electron chi connectivity index (χ2n) is 4.77. The molecule has 0 aromatic heterocycles. The molecule has 2 aromatic rings. The number of halogens is 4. The SMILES string of the molecule is N#CC(C#N)=C(N=P(Cl)(c1ccccc1)c1ccccc1)C(Cl)(Cl)Cl. The van der Waals surface area contributed by atoms with Crippen LogP contribution < -0.4 is 10.6 Å². The lowest BCUT2D eigenvalue weighted by atomic mass is 10.3. The molecule has 0 radical (unpaired) electrons. The number of rotatable bonds is 3. The monoisotopic (exact) mass is 427 g/mol. The molecule has 0 bridgehead atoms. The summed E-state index contributed by atoms with van der Waals surface area (Å²) in [7, 11) is 0. The maximum absolute atomic E-state index is 9.20. The minimum absolute atomic E-state index is 0.265. The number of alkyl halides is 3. The lowest BCUT2D eigenvalue weighted by Crippen LogP contribution is -2.15. The molecule has 3 nitrogen and oxygen atoms in total. The highest BCUT2D eigenvalue weighted by Crippen LogP contribution is 2.56. The van der Waals surface area contributed by atoms with Gasteiger partial charge in [-0.3, -0.25) is 0 Å². The molecule has 0 N–H and O–H groups in total. The van der Waals surface area contributed by atoms with Crippen molar-refractivity contribution < 1.29 is 0 Å². The first-order valence-electron chi connectivity index (χ1n) is 6.88. The van der Waals surface area contributed by atoms with E-state index in [0.717, 1.165) is 0 Å². The first-order valence-corrected chi connectivity index (χ1v) is 10.7. The van der Waals surface area contributed by atoms with E-state index in [9.17, 15) is 10.5 Å². The van der Waals surface area contributed by atoms with E-state index in [1.54, 1.807) is 12.1 Å². The molecule has 0 amide bonds. The van der Waals surface area contributed by atoms with Gasteiger partial charge in [-0.25, -0.2) is 4.74 Å². The fourth-order valence-electron chi connectivity index (χ4n) is 2.03. The highest BCUT2D eigenvalue weighted by atomic mass is 35.7. The summed E-state index contributed by atoms with van der Waals surface area (Å²) in [5.41, 5.74) is -0.657. The predicted octanol–water partition coefficient (Wildman–Crippen LogP) is 5.66. The molecule has 0 saturated carbocycles. The van der Waals surface area contributed by atoms with Crippen LogP contribution in [0.1, 0.15) is 0 Å². The highest BCUT2D eigenvalue weighted by molar-refractivity contribution is 8.02.